The molecule has 0 radical (unpaired) electrons. The van der Waals surface area contributed by atoms with Gasteiger partial charge in [-0.3, -0.25) is 14.4 Å². The number of aliphatic carboxylic acids is 1. The van der Waals surface area contributed by atoms with Crippen LogP contribution in [0.5, 0.6) is 0 Å². The molecule has 1 atom stereocenters. The first-order valence-corrected chi connectivity index (χ1v) is 9.36. The van der Waals surface area contributed by atoms with E-state index in [2.05, 4.69) is 5.32 Å². The van der Waals surface area contributed by atoms with Gasteiger partial charge >= 0.3 is 5.97 Å². The second-order valence-electron chi connectivity index (χ2n) is 7.10. The summed E-state index contributed by atoms with van der Waals surface area (Å²) in [5.74, 6) is -0.239. The summed E-state index contributed by atoms with van der Waals surface area (Å²) in [6.07, 6.45) is 8.67. The number of likely N-dealkylation sites (tertiary alicyclic amines) is 1. The maximum absolute atomic E-state index is 12.2. The number of carbonyl (C=O) groups is 3. The lowest BCUT2D eigenvalue weighted by Gasteiger charge is -2.32. The number of hydrogen-bond donors (Lipinski definition) is 2. The normalized spacial score (nSPS) is 20.7. The topological polar surface area (TPSA) is 86.7 Å². The van der Waals surface area contributed by atoms with Crippen molar-refractivity contribution in [3.63, 3.8) is 0 Å². The molecule has 0 aromatic heterocycles. The third-order valence-electron chi connectivity index (χ3n) is 4.90. The average molecular weight is 338 g/mol. The van der Waals surface area contributed by atoms with Gasteiger partial charge in [-0.25, -0.2) is 0 Å². The summed E-state index contributed by atoms with van der Waals surface area (Å²) in [6.45, 7) is 2.05. The molecule has 1 aliphatic heterocycles. The van der Waals surface area contributed by atoms with Crippen LogP contribution in [0.1, 0.15) is 64.2 Å². The molecule has 2 amide bonds. The third-order valence-corrected chi connectivity index (χ3v) is 4.90. The highest BCUT2D eigenvalue weighted by molar-refractivity contribution is 5.83. The summed E-state index contributed by atoms with van der Waals surface area (Å²) in [4.78, 5) is 36.6. The predicted molar refractivity (Wildman–Crippen MR) is 90.4 cm³/mol. The zero-order valence-electron chi connectivity index (χ0n) is 14.5. The first-order chi connectivity index (χ1) is 11.6. The molecule has 2 fully saturated rings. The number of piperidine rings is 1. The molecule has 24 heavy (non-hydrogen) atoms. The van der Waals surface area contributed by atoms with E-state index in [1.807, 2.05) is 4.90 Å². The molecule has 0 aromatic carbocycles. The van der Waals surface area contributed by atoms with E-state index in [9.17, 15) is 14.4 Å². The molecule has 136 valence electrons. The van der Waals surface area contributed by atoms with E-state index < -0.39 is 5.97 Å². The second-order valence-corrected chi connectivity index (χ2v) is 7.10. The SMILES string of the molecule is O=C(O)CCCCCCCNC(=O)C1CCCN(C(=O)C2CC2)C1. The number of carboxylic acids is 1. The Labute approximate surface area is 144 Å². The van der Waals surface area contributed by atoms with Gasteiger partial charge in [-0.15, -0.1) is 0 Å². The van der Waals surface area contributed by atoms with Crippen LogP contribution in [0.3, 0.4) is 0 Å². The lowest BCUT2D eigenvalue weighted by Crippen LogP contribution is -2.46. The minimum atomic E-state index is -0.732. The van der Waals surface area contributed by atoms with Crippen molar-refractivity contribution in [3.05, 3.63) is 0 Å². The molecule has 0 bridgehead atoms. The van der Waals surface area contributed by atoms with Crippen LogP contribution < -0.4 is 5.32 Å². The number of nitrogens with one attached hydrogen (secondary N) is 1. The average Bonchev–Trinajstić information content (AvgIpc) is 3.41. The Hall–Kier alpha value is -1.59. The van der Waals surface area contributed by atoms with Crippen molar-refractivity contribution < 1.29 is 19.5 Å². The van der Waals surface area contributed by atoms with E-state index in [1.54, 1.807) is 0 Å². The lowest BCUT2D eigenvalue weighted by atomic mass is 9.96. The van der Waals surface area contributed by atoms with Gasteiger partial charge in [0, 0.05) is 32.0 Å². The summed E-state index contributed by atoms with van der Waals surface area (Å²) < 4.78 is 0. The standard InChI is InChI=1S/C18H30N2O4/c21-16(22)8-4-2-1-3-5-11-19-17(23)15-7-6-12-20(13-15)18(24)14-9-10-14/h14-15H,1-13H2,(H,19,23)(H,21,22). The van der Waals surface area contributed by atoms with E-state index >= 15 is 0 Å². The number of nitrogens with zero attached hydrogens (tertiary/aromatic N) is 1. The highest BCUT2D eigenvalue weighted by atomic mass is 16.4. The molecule has 1 saturated heterocycles. The van der Waals surface area contributed by atoms with Gasteiger partial charge in [0.25, 0.3) is 0 Å². The zero-order valence-corrected chi connectivity index (χ0v) is 14.5. The predicted octanol–water partition coefficient (Wildman–Crippen LogP) is 2.18. The van der Waals surface area contributed by atoms with Crippen LogP contribution >= 0.6 is 0 Å². The minimum absolute atomic E-state index is 0.0583. The number of hydrogen-bond acceptors (Lipinski definition) is 3. The van der Waals surface area contributed by atoms with Crippen LogP contribution in [-0.2, 0) is 14.4 Å². The molecule has 2 aliphatic rings. The molecular weight excluding hydrogens is 308 g/mol. The minimum Gasteiger partial charge on any atom is -0.481 e. The summed E-state index contributed by atoms with van der Waals surface area (Å²) >= 11 is 0. The molecule has 2 rings (SSSR count). The number of amides is 2. The van der Waals surface area contributed by atoms with Crippen molar-refractivity contribution in [2.24, 2.45) is 11.8 Å². The van der Waals surface area contributed by atoms with E-state index in [4.69, 9.17) is 5.11 Å². The van der Waals surface area contributed by atoms with Gasteiger partial charge in [0.2, 0.25) is 11.8 Å². The first kappa shape index (κ1) is 18.7. The number of carboxylic acid groups (broad SMARTS) is 1. The molecule has 1 heterocycles. The number of carbonyl (C=O) groups excluding carboxylic acids is 2. The highest BCUT2D eigenvalue weighted by Gasteiger charge is 2.36. The molecule has 0 spiro atoms. The van der Waals surface area contributed by atoms with Crippen LogP contribution in [0.2, 0.25) is 0 Å². The van der Waals surface area contributed by atoms with E-state index in [0.29, 0.717) is 13.1 Å². The van der Waals surface area contributed by atoms with Gasteiger partial charge < -0.3 is 15.3 Å². The van der Waals surface area contributed by atoms with Gasteiger partial charge in [-0.1, -0.05) is 19.3 Å². The van der Waals surface area contributed by atoms with Crippen molar-refractivity contribution in [2.75, 3.05) is 19.6 Å². The van der Waals surface area contributed by atoms with Gasteiger partial charge in [0.05, 0.1) is 5.92 Å². The van der Waals surface area contributed by atoms with Gasteiger partial charge in [-0.2, -0.15) is 0 Å². The van der Waals surface area contributed by atoms with Crippen molar-refractivity contribution >= 4 is 17.8 Å². The summed E-state index contributed by atoms with van der Waals surface area (Å²) in [5.41, 5.74) is 0. The molecular formula is C18H30N2O4. The van der Waals surface area contributed by atoms with Gasteiger partial charge in [0.1, 0.15) is 0 Å². The quantitative estimate of drug-likeness (QED) is 0.598. The maximum atomic E-state index is 12.2. The van der Waals surface area contributed by atoms with Crippen LogP contribution in [0.25, 0.3) is 0 Å². The fraction of sp³-hybridized carbons (Fsp3) is 0.833. The summed E-state index contributed by atoms with van der Waals surface area (Å²) in [5, 5.41) is 11.5. The van der Waals surface area contributed by atoms with E-state index in [1.165, 1.54) is 0 Å². The molecule has 1 unspecified atom stereocenters. The molecule has 0 aromatic rings. The van der Waals surface area contributed by atoms with Gasteiger partial charge in [-0.05, 0) is 38.5 Å². The Morgan fingerprint density at radius 1 is 0.958 bits per heavy atom. The molecule has 1 saturated carbocycles. The van der Waals surface area contributed by atoms with Crippen LogP contribution in [0.15, 0.2) is 0 Å². The second kappa shape index (κ2) is 9.64. The van der Waals surface area contributed by atoms with Crippen LogP contribution in [0.4, 0.5) is 0 Å². The van der Waals surface area contributed by atoms with Crippen molar-refractivity contribution in [3.8, 4) is 0 Å². The van der Waals surface area contributed by atoms with E-state index in [0.717, 1.165) is 64.3 Å². The largest absolute Gasteiger partial charge is 0.481 e. The Morgan fingerprint density at radius 2 is 1.67 bits per heavy atom. The summed E-state index contributed by atoms with van der Waals surface area (Å²) in [7, 11) is 0. The van der Waals surface area contributed by atoms with Crippen LogP contribution in [0, 0.1) is 11.8 Å². The molecule has 2 N–H and O–H groups in total. The molecule has 6 heteroatoms. The smallest absolute Gasteiger partial charge is 0.303 e. The van der Waals surface area contributed by atoms with Crippen molar-refractivity contribution in [1.29, 1.82) is 0 Å². The molecule has 6 nitrogen and oxygen atoms in total. The Kier molecular flexibility index (Phi) is 7.53. The van der Waals surface area contributed by atoms with E-state index in [-0.39, 0.29) is 30.1 Å². The number of unbranched alkanes of at least 4 members (excludes halogenated alkanes) is 4. The highest BCUT2D eigenvalue weighted by Crippen LogP contribution is 2.32. The maximum Gasteiger partial charge on any atom is 0.303 e. The van der Waals surface area contributed by atoms with Crippen LogP contribution in [-0.4, -0.2) is 47.4 Å². The third kappa shape index (κ3) is 6.49. The Morgan fingerprint density at radius 3 is 2.38 bits per heavy atom. The van der Waals surface area contributed by atoms with Crippen molar-refractivity contribution in [1.82, 2.24) is 10.2 Å². The fourth-order valence-corrected chi connectivity index (χ4v) is 3.27. The Balaban J connectivity index is 1.53. The van der Waals surface area contributed by atoms with Gasteiger partial charge in [0.15, 0.2) is 0 Å². The Bertz CT molecular complexity index is 448. The lowest BCUT2D eigenvalue weighted by molar-refractivity contribution is -0.138. The fourth-order valence-electron chi connectivity index (χ4n) is 3.27. The zero-order chi connectivity index (χ0) is 17.4. The first-order valence-electron chi connectivity index (χ1n) is 9.36. The monoisotopic (exact) mass is 338 g/mol. The van der Waals surface area contributed by atoms with Crippen molar-refractivity contribution in [2.45, 2.75) is 64.2 Å². The number of rotatable bonds is 10. The molecule has 1 aliphatic carbocycles. The summed E-state index contributed by atoms with van der Waals surface area (Å²) in [6, 6.07) is 0.